The molecule has 1 fully saturated rings. The van der Waals surface area contributed by atoms with Gasteiger partial charge >= 0.3 is 5.97 Å². The molecule has 3 rings (SSSR count). The smallest absolute Gasteiger partial charge is 0.310 e. The van der Waals surface area contributed by atoms with Crippen LogP contribution in [-0.4, -0.2) is 49.0 Å². The Hall–Kier alpha value is -2.45. The molecule has 0 bridgehead atoms. The van der Waals surface area contributed by atoms with E-state index in [9.17, 15) is 4.79 Å². The van der Waals surface area contributed by atoms with Gasteiger partial charge in [-0.3, -0.25) is 10.5 Å². The van der Waals surface area contributed by atoms with Gasteiger partial charge in [0.1, 0.15) is 12.0 Å². The number of piperidine rings is 1. The maximum Gasteiger partial charge on any atom is 0.310 e. The molecule has 1 aliphatic rings. The molecule has 146 valence electrons. The number of carbonyl (C=O) groups is 1. The van der Waals surface area contributed by atoms with Gasteiger partial charge in [0.05, 0.1) is 36.9 Å². The number of hydrogen-bond donors (Lipinski definition) is 2. The van der Waals surface area contributed by atoms with Gasteiger partial charge in [-0.15, -0.1) is 0 Å². The molecule has 8 nitrogen and oxygen atoms in total. The van der Waals surface area contributed by atoms with E-state index in [0.717, 1.165) is 18.5 Å². The average Bonchev–Trinajstić information content (AvgIpc) is 2.68. The molecule has 2 heterocycles. The monoisotopic (exact) mass is 374 g/mol. The van der Waals surface area contributed by atoms with E-state index >= 15 is 0 Å². The van der Waals surface area contributed by atoms with Crippen LogP contribution in [0.25, 0.3) is 11.0 Å². The Bertz CT molecular complexity index is 785. The van der Waals surface area contributed by atoms with Gasteiger partial charge < -0.3 is 19.5 Å². The fourth-order valence-corrected chi connectivity index (χ4v) is 3.38. The van der Waals surface area contributed by atoms with Gasteiger partial charge in [-0.25, -0.2) is 9.97 Å². The highest BCUT2D eigenvalue weighted by atomic mass is 16.5. The number of hydrogen-bond acceptors (Lipinski definition) is 8. The van der Waals surface area contributed by atoms with Crippen LogP contribution in [0, 0.1) is 11.8 Å². The second-order valence-corrected chi connectivity index (χ2v) is 6.57. The zero-order valence-corrected chi connectivity index (χ0v) is 15.7. The lowest BCUT2D eigenvalue weighted by Crippen LogP contribution is -2.44. The van der Waals surface area contributed by atoms with Crippen molar-refractivity contribution in [1.29, 1.82) is 0 Å². The van der Waals surface area contributed by atoms with Crippen molar-refractivity contribution in [3.63, 3.8) is 0 Å². The molecular weight excluding hydrogens is 348 g/mol. The van der Waals surface area contributed by atoms with Gasteiger partial charge in [-0.1, -0.05) is 0 Å². The molecule has 0 saturated carbocycles. The van der Waals surface area contributed by atoms with Crippen LogP contribution in [0.3, 0.4) is 0 Å². The number of benzene rings is 1. The van der Waals surface area contributed by atoms with Crippen LogP contribution in [0.5, 0.6) is 11.6 Å². The Labute approximate surface area is 158 Å². The van der Waals surface area contributed by atoms with Crippen molar-refractivity contribution < 1.29 is 19.0 Å². The van der Waals surface area contributed by atoms with Crippen molar-refractivity contribution in [3.8, 4) is 11.6 Å². The Morgan fingerprint density at radius 1 is 1.41 bits per heavy atom. The molecule has 3 atom stereocenters. The number of ether oxygens (including phenoxy) is 3. The van der Waals surface area contributed by atoms with Crippen molar-refractivity contribution in [2.75, 3.05) is 26.8 Å². The summed E-state index contributed by atoms with van der Waals surface area (Å²) in [6.07, 6.45) is 2.37. The minimum absolute atomic E-state index is 0.105. The highest BCUT2D eigenvalue weighted by molar-refractivity contribution is 5.76. The highest BCUT2D eigenvalue weighted by Gasteiger charge is 2.33. The first-order valence-corrected chi connectivity index (χ1v) is 9.21. The second-order valence-electron chi connectivity index (χ2n) is 6.57. The molecule has 0 radical (unpaired) electrons. The zero-order chi connectivity index (χ0) is 19.2. The molecular formula is C19H26N4O4. The summed E-state index contributed by atoms with van der Waals surface area (Å²) in [5, 5.41) is 3.24. The number of fused-ring (bicyclic) bond motifs is 1. The third kappa shape index (κ3) is 4.84. The summed E-state index contributed by atoms with van der Waals surface area (Å²) in [7, 11) is 1.60. The van der Waals surface area contributed by atoms with Crippen molar-refractivity contribution >= 4 is 17.0 Å². The minimum atomic E-state index is -0.581. The Balaban J connectivity index is 1.66. The highest BCUT2D eigenvalue weighted by Crippen LogP contribution is 2.26. The Morgan fingerprint density at radius 3 is 3.04 bits per heavy atom. The SMILES string of the molecule is CCOC(=O)[C@H]1CNCC[C@H]1CC(N)Oc1cnc2ccc(OC)cc2n1. The first kappa shape index (κ1) is 19.3. The molecule has 1 aromatic carbocycles. The minimum Gasteiger partial charge on any atom is -0.497 e. The third-order valence-electron chi connectivity index (χ3n) is 4.75. The lowest BCUT2D eigenvalue weighted by molar-refractivity contribution is -0.151. The summed E-state index contributed by atoms with van der Waals surface area (Å²) < 4.78 is 16.2. The van der Waals surface area contributed by atoms with E-state index in [2.05, 4.69) is 15.3 Å². The van der Waals surface area contributed by atoms with Crippen LogP contribution in [0.2, 0.25) is 0 Å². The number of carbonyl (C=O) groups excluding carboxylic acids is 1. The summed E-state index contributed by atoms with van der Waals surface area (Å²) in [5.74, 6) is 0.767. The van der Waals surface area contributed by atoms with Gasteiger partial charge in [0, 0.05) is 19.0 Å². The molecule has 27 heavy (non-hydrogen) atoms. The van der Waals surface area contributed by atoms with E-state index in [1.807, 2.05) is 19.1 Å². The van der Waals surface area contributed by atoms with Gasteiger partial charge in [0.25, 0.3) is 0 Å². The van der Waals surface area contributed by atoms with E-state index in [-0.39, 0.29) is 17.8 Å². The molecule has 1 aromatic heterocycles. The van der Waals surface area contributed by atoms with Crippen LogP contribution >= 0.6 is 0 Å². The van der Waals surface area contributed by atoms with E-state index in [0.29, 0.717) is 36.7 Å². The number of nitrogens with one attached hydrogen (secondary N) is 1. The molecule has 8 heteroatoms. The molecule has 1 aliphatic heterocycles. The van der Waals surface area contributed by atoms with Gasteiger partial charge in [0.2, 0.25) is 5.88 Å². The first-order valence-electron chi connectivity index (χ1n) is 9.21. The maximum atomic E-state index is 12.2. The van der Waals surface area contributed by atoms with E-state index in [4.69, 9.17) is 19.9 Å². The predicted octanol–water partition coefficient (Wildman–Crippen LogP) is 1.48. The standard InChI is InChI=1S/C19H26N4O4/c1-3-26-19(24)14-10-21-7-6-12(14)8-17(20)27-18-11-22-15-5-4-13(25-2)9-16(15)23-18/h4-5,9,11-12,14,17,21H,3,6-8,10,20H2,1-2H3/t12-,14-,17?/m0/s1. The van der Waals surface area contributed by atoms with Crippen molar-refractivity contribution in [2.24, 2.45) is 17.6 Å². The van der Waals surface area contributed by atoms with Crippen LogP contribution in [0.15, 0.2) is 24.4 Å². The summed E-state index contributed by atoms with van der Waals surface area (Å²) in [6.45, 7) is 3.64. The number of nitrogens with two attached hydrogens (primary N) is 1. The first-order chi connectivity index (χ1) is 13.1. The summed E-state index contributed by atoms with van der Waals surface area (Å²) in [5.41, 5.74) is 7.61. The number of nitrogens with zero attached hydrogens (tertiary/aromatic N) is 2. The lowest BCUT2D eigenvalue weighted by Gasteiger charge is -2.32. The van der Waals surface area contributed by atoms with E-state index in [1.165, 1.54) is 0 Å². The largest absolute Gasteiger partial charge is 0.497 e. The van der Waals surface area contributed by atoms with E-state index in [1.54, 1.807) is 19.4 Å². The van der Waals surface area contributed by atoms with Crippen LogP contribution < -0.4 is 20.5 Å². The normalized spacial score (nSPS) is 20.9. The van der Waals surface area contributed by atoms with Crippen LogP contribution in [0.4, 0.5) is 0 Å². The zero-order valence-electron chi connectivity index (χ0n) is 15.7. The summed E-state index contributed by atoms with van der Waals surface area (Å²) in [6, 6.07) is 5.46. The lowest BCUT2D eigenvalue weighted by atomic mass is 9.83. The van der Waals surface area contributed by atoms with Crippen molar-refractivity contribution in [1.82, 2.24) is 15.3 Å². The molecule has 0 aliphatic carbocycles. The average molecular weight is 374 g/mol. The molecule has 0 spiro atoms. The molecule has 3 N–H and O–H groups in total. The van der Waals surface area contributed by atoms with Crippen molar-refractivity contribution in [2.45, 2.75) is 26.0 Å². The molecule has 2 aromatic rings. The molecule has 1 unspecified atom stereocenters. The fraction of sp³-hybridized carbons (Fsp3) is 0.526. The molecule has 0 amide bonds. The van der Waals surface area contributed by atoms with Gasteiger partial charge in [-0.2, -0.15) is 0 Å². The topological polar surface area (TPSA) is 109 Å². The number of methoxy groups -OCH3 is 1. The summed E-state index contributed by atoms with van der Waals surface area (Å²) in [4.78, 5) is 21.0. The fourth-order valence-electron chi connectivity index (χ4n) is 3.38. The molecule has 1 saturated heterocycles. The quantitative estimate of drug-likeness (QED) is 0.554. The number of esters is 1. The number of rotatable bonds is 7. The maximum absolute atomic E-state index is 12.2. The Kier molecular flexibility index (Phi) is 6.41. The predicted molar refractivity (Wildman–Crippen MR) is 100 cm³/mol. The third-order valence-corrected chi connectivity index (χ3v) is 4.75. The van der Waals surface area contributed by atoms with Crippen LogP contribution in [0.1, 0.15) is 19.8 Å². The van der Waals surface area contributed by atoms with E-state index < -0.39 is 6.23 Å². The van der Waals surface area contributed by atoms with Gasteiger partial charge in [0.15, 0.2) is 0 Å². The summed E-state index contributed by atoms with van der Waals surface area (Å²) >= 11 is 0. The van der Waals surface area contributed by atoms with Gasteiger partial charge in [-0.05, 0) is 37.9 Å². The second kappa shape index (κ2) is 8.96. The Morgan fingerprint density at radius 2 is 2.26 bits per heavy atom. The van der Waals surface area contributed by atoms with Crippen molar-refractivity contribution in [3.05, 3.63) is 24.4 Å². The van der Waals surface area contributed by atoms with Crippen LogP contribution in [-0.2, 0) is 9.53 Å². The number of aromatic nitrogens is 2.